The van der Waals surface area contributed by atoms with Gasteiger partial charge in [0.25, 0.3) is 5.91 Å². The first-order chi connectivity index (χ1) is 12.3. The fourth-order valence-electron chi connectivity index (χ4n) is 2.74. The van der Waals surface area contributed by atoms with Crippen LogP contribution in [0.4, 0.5) is 5.00 Å². The summed E-state index contributed by atoms with van der Waals surface area (Å²) in [7, 11) is 1.34. The van der Waals surface area contributed by atoms with Crippen molar-refractivity contribution >= 4 is 38.3 Å². The highest BCUT2D eigenvalue weighted by molar-refractivity contribution is 7.23. The van der Waals surface area contributed by atoms with Crippen molar-refractivity contribution in [3.63, 3.8) is 0 Å². The standard InChI is InChI=1S/C21H21NO3S/c1-21(2,3)14-11-9-13(10-12-14)18(23)22-19-17(20(24)25-4)15-7-5-6-8-16(15)26-19/h5-12H,1-4H3,(H,22,23). The lowest BCUT2D eigenvalue weighted by Crippen LogP contribution is -2.15. The van der Waals surface area contributed by atoms with E-state index >= 15 is 0 Å². The number of methoxy groups -OCH3 is 1. The van der Waals surface area contributed by atoms with Gasteiger partial charge in [-0.15, -0.1) is 11.3 Å². The number of hydrogen-bond donors (Lipinski definition) is 1. The van der Waals surface area contributed by atoms with E-state index in [4.69, 9.17) is 4.74 Å². The largest absolute Gasteiger partial charge is 0.465 e. The number of esters is 1. The molecule has 0 spiro atoms. The van der Waals surface area contributed by atoms with Crippen LogP contribution < -0.4 is 5.32 Å². The van der Waals surface area contributed by atoms with E-state index in [1.54, 1.807) is 12.1 Å². The Labute approximate surface area is 156 Å². The summed E-state index contributed by atoms with van der Waals surface area (Å²) in [6.45, 7) is 6.38. The molecular formula is C21H21NO3S. The van der Waals surface area contributed by atoms with E-state index in [-0.39, 0.29) is 11.3 Å². The molecule has 0 bridgehead atoms. The molecule has 2 aromatic carbocycles. The normalized spacial score (nSPS) is 11.4. The van der Waals surface area contributed by atoms with Crippen molar-refractivity contribution in [3.05, 3.63) is 65.2 Å². The summed E-state index contributed by atoms with van der Waals surface area (Å²) in [6, 6.07) is 15.1. The van der Waals surface area contributed by atoms with Crippen molar-refractivity contribution in [2.75, 3.05) is 12.4 Å². The van der Waals surface area contributed by atoms with Crippen LogP contribution in [0.2, 0.25) is 0 Å². The number of benzene rings is 2. The number of anilines is 1. The van der Waals surface area contributed by atoms with Crippen molar-refractivity contribution in [2.45, 2.75) is 26.2 Å². The number of amides is 1. The minimum atomic E-state index is -0.458. The molecule has 5 heteroatoms. The van der Waals surface area contributed by atoms with Crippen LogP contribution in [-0.2, 0) is 10.2 Å². The second kappa shape index (κ2) is 6.92. The Balaban J connectivity index is 1.93. The Morgan fingerprint density at radius 3 is 2.27 bits per heavy atom. The van der Waals surface area contributed by atoms with Crippen LogP contribution in [0.15, 0.2) is 48.5 Å². The van der Waals surface area contributed by atoms with Gasteiger partial charge in [-0.25, -0.2) is 4.79 Å². The zero-order chi connectivity index (χ0) is 18.9. The number of hydrogen-bond acceptors (Lipinski definition) is 4. The molecule has 3 aromatic rings. The van der Waals surface area contributed by atoms with Crippen molar-refractivity contribution in [1.82, 2.24) is 0 Å². The zero-order valence-corrected chi connectivity index (χ0v) is 16.1. The summed E-state index contributed by atoms with van der Waals surface area (Å²) in [5, 5.41) is 4.15. The molecule has 4 nitrogen and oxygen atoms in total. The molecule has 0 atom stereocenters. The highest BCUT2D eigenvalue weighted by atomic mass is 32.1. The van der Waals surface area contributed by atoms with Gasteiger partial charge in [-0.1, -0.05) is 51.1 Å². The number of nitrogens with one attached hydrogen (secondary N) is 1. The molecule has 0 aliphatic rings. The molecule has 0 fully saturated rings. The predicted octanol–water partition coefficient (Wildman–Crippen LogP) is 5.24. The minimum Gasteiger partial charge on any atom is -0.465 e. The Morgan fingerprint density at radius 1 is 1.00 bits per heavy atom. The molecule has 0 aliphatic heterocycles. The Hall–Kier alpha value is -2.66. The van der Waals surface area contributed by atoms with Crippen molar-refractivity contribution in [3.8, 4) is 0 Å². The smallest absolute Gasteiger partial charge is 0.341 e. The molecule has 134 valence electrons. The second-order valence-corrected chi connectivity index (χ2v) is 8.13. The van der Waals surface area contributed by atoms with E-state index < -0.39 is 5.97 Å². The van der Waals surface area contributed by atoms with Crippen LogP contribution in [-0.4, -0.2) is 19.0 Å². The summed E-state index contributed by atoms with van der Waals surface area (Å²) in [5.41, 5.74) is 2.13. The van der Waals surface area contributed by atoms with Crippen LogP contribution >= 0.6 is 11.3 Å². The maximum atomic E-state index is 12.7. The summed E-state index contributed by atoms with van der Waals surface area (Å²) in [4.78, 5) is 24.9. The first-order valence-electron chi connectivity index (χ1n) is 8.33. The van der Waals surface area contributed by atoms with Gasteiger partial charge >= 0.3 is 5.97 Å². The third-order valence-corrected chi connectivity index (χ3v) is 5.31. The van der Waals surface area contributed by atoms with Gasteiger partial charge in [0.2, 0.25) is 0 Å². The van der Waals surface area contributed by atoms with Gasteiger partial charge in [-0.05, 0) is 29.2 Å². The van der Waals surface area contributed by atoms with Crippen LogP contribution in [0.3, 0.4) is 0 Å². The van der Waals surface area contributed by atoms with E-state index in [1.165, 1.54) is 18.4 Å². The quantitative estimate of drug-likeness (QED) is 0.644. The molecular weight excluding hydrogens is 346 g/mol. The van der Waals surface area contributed by atoms with Crippen molar-refractivity contribution in [1.29, 1.82) is 0 Å². The fraction of sp³-hybridized carbons (Fsp3) is 0.238. The summed E-state index contributed by atoms with van der Waals surface area (Å²) >= 11 is 1.37. The average molecular weight is 367 g/mol. The van der Waals surface area contributed by atoms with E-state index in [1.807, 2.05) is 36.4 Å². The third kappa shape index (κ3) is 3.48. The van der Waals surface area contributed by atoms with Gasteiger partial charge in [-0.3, -0.25) is 4.79 Å². The Morgan fingerprint density at radius 2 is 1.65 bits per heavy atom. The van der Waals surface area contributed by atoms with Crippen LogP contribution in [0.5, 0.6) is 0 Å². The molecule has 1 amide bonds. The minimum absolute atomic E-state index is 0.0263. The van der Waals surface area contributed by atoms with Crippen LogP contribution in [0, 0.1) is 0 Å². The first-order valence-corrected chi connectivity index (χ1v) is 9.14. The maximum absolute atomic E-state index is 12.7. The monoisotopic (exact) mass is 367 g/mol. The Bertz CT molecular complexity index is 965. The van der Waals surface area contributed by atoms with E-state index in [0.717, 1.165) is 15.6 Å². The lowest BCUT2D eigenvalue weighted by Gasteiger charge is -2.19. The lowest BCUT2D eigenvalue weighted by molar-refractivity contribution is 0.0604. The topological polar surface area (TPSA) is 55.4 Å². The van der Waals surface area contributed by atoms with Crippen LogP contribution in [0.25, 0.3) is 10.1 Å². The van der Waals surface area contributed by atoms with Gasteiger partial charge < -0.3 is 10.1 Å². The first kappa shape index (κ1) is 18.1. The SMILES string of the molecule is COC(=O)c1c(NC(=O)c2ccc(C(C)(C)C)cc2)sc2ccccc12. The van der Waals surface area contributed by atoms with Gasteiger partial charge in [-0.2, -0.15) is 0 Å². The van der Waals surface area contributed by atoms with E-state index in [9.17, 15) is 9.59 Å². The molecule has 1 heterocycles. The molecule has 0 saturated carbocycles. The number of fused-ring (bicyclic) bond motifs is 1. The summed E-state index contributed by atoms with van der Waals surface area (Å²) in [5.74, 6) is -0.706. The Kier molecular flexibility index (Phi) is 4.83. The molecule has 1 aromatic heterocycles. The summed E-state index contributed by atoms with van der Waals surface area (Å²) in [6.07, 6.45) is 0. The molecule has 1 N–H and O–H groups in total. The predicted molar refractivity (Wildman–Crippen MR) is 106 cm³/mol. The molecule has 0 radical (unpaired) electrons. The number of ether oxygens (including phenoxy) is 1. The third-order valence-electron chi connectivity index (χ3n) is 4.23. The number of carbonyl (C=O) groups excluding carboxylic acids is 2. The van der Waals surface area contributed by atoms with Gasteiger partial charge in [0, 0.05) is 15.6 Å². The molecule has 0 aliphatic carbocycles. The average Bonchev–Trinajstić information content (AvgIpc) is 2.98. The second-order valence-electron chi connectivity index (χ2n) is 7.08. The molecule has 0 saturated heterocycles. The maximum Gasteiger partial charge on any atom is 0.341 e. The van der Waals surface area contributed by atoms with Gasteiger partial charge in [0.15, 0.2) is 0 Å². The zero-order valence-electron chi connectivity index (χ0n) is 15.3. The van der Waals surface area contributed by atoms with E-state index in [2.05, 4.69) is 26.1 Å². The van der Waals surface area contributed by atoms with Crippen molar-refractivity contribution in [2.24, 2.45) is 0 Å². The van der Waals surface area contributed by atoms with E-state index in [0.29, 0.717) is 16.1 Å². The fourth-order valence-corrected chi connectivity index (χ4v) is 3.82. The lowest BCUT2D eigenvalue weighted by atomic mass is 9.87. The van der Waals surface area contributed by atoms with Gasteiger partial charge in [0.05, 0.1) is 7.11 Å². The number of rotatable bonds is 3. The molecule has 26 heavy (non-hydrogen) atoms. The number of carbonyl (C=O) groups is 2. The summed E-state index contributed by atoms with van der Waals surface area (Å²) < 4.78 is 5.82. The molecule has 0 unspecified atom stereocenters. The number of thiophene rings is 1. The van der Waals surface area contributed by atoms with Crippen molar-refractivity contribution < 1.29 is 14.3 Å². The highest BCUT2D eigenvalue weighted by Gasteiger charge is 2.21. The molecule has 3 rings (SSSR count). The highest BCUT2D eigenvalue weighted by Crippen LogP contribution is 2.36. The van der Waals surface area contributed by atoms with Crippen LogP contribution in [0.1, 0.15) is 47.1 Å². The van der Waals surface area contributed by atoms with Gasteiger partial charge in [0.1, 0.15) is 10.6 Å².